The predicted molar refractivity (Wildman–Crippen MR) is 62.3 cm³/mol. The molecule has 0 aromatic rings. The van der Waals surface area contributed by atoms with Crippen LogP contribution in [0.4, 0.5) is 0 Å². The van der Waals surface area contributed by atoms with Crippen LogP contribution in [0.1, 0.15) is 47.0 Å². The Morgan fingerprint density at radius 3 is 2.36 bits per heavy atom. The summed E-state index contributed by atoms with van der Waals surface area (Å²) >= 11 is 0. The van der Waals surface area contributed by atoms with E-state index in [1.807, 2.05) is 0 Å². The Kier molecular flexibility index (Phi) is 5.44. The fourth-order valence-electron chi connectivity index (χ4n) is 0.944. The number of Topliss-reactive ketones (excluding diaryl/α,β-unsaturated/α-hetero) is 1. The van der Waals surface area contributed by atoms with Crippen LogP contribution in [-0.4, -0.2) is 5.78 Å². The molecule has 0 amide bonds. The highest BCUT2D eigenvalue weighted by Gasteiger charge is 2.11. The standard InChI is InChI=1S/C13H22O/c1-11(13(3,4)5)9-7-6-8-10-12(2)14/h7,9H,1,6,8,10H2,2-5H3/b9-7+. The molecule has 1 heteroatoms. The Hall–Kier alpha value is -0.850. The first kappa shape index (κ1) is 13.2. The van der Waals surface area contributed by atoms with Gasteiger partial charge in [-0.3, -0.25) is 0 Å². The molecule has 0 unspecified atom stereocenters. The molecule has 0 saturated carbocycles. The Labute approximate surface area is 87.9 Å². The van der Waals surface area contributed by atoms with Crippen molar-refractivity contribution in [1.29, 1.82) is 0 Å². The van der Waals surface area contributed by atoms with Crippen LogP contribution < -0.4 is 0 Å². The van der Waals surface area contributed by atoms with Crippen molar-refractivity contribution in [3.63, 3.8) is 0 Å². The van der Waals surface area contributed by atoms with Crippen molar-refractivity contribution in [1.82, 2.24) is 0 Å². The van der Waals surface area contributed by atoms with E-state index in [0.717, 1.165) is 18.4 Å². The number of carbonyl (C=O) groups is 1. The number of ketones is 1. The van der Waals surface area contributed by atoms with Crippen molar-refractivity contribution < 1.29 is 4.79 Å². The van der Waals surface area contributed by atoms with Gasteiger partial charge in [-0.2, -0.15) is 0 Å². The van der Waals surface area contributed by atoms with Crippen molar-refractivity contribution in [3.8, 4) is 0 Å². The van der Waals surface area contributed by atoms with Crippen LogP contribution in [0, 0.1) is 5.41 Å². The predicted octanol–water partition coefficient (Wildman–Crippen LogP) is 3.90. The van der Waals surface area contributed by atoms with Crippen LogP contribution in [0.5, 0.6) is 0 Å². The lowest BCUT2D eigenvalue weighted by atomic mass is 9.87. The van der Waals surface area contributed by atoms with Crippen LogP contribution >= 0.6 is 0 Å². The number of hydrogen-bond acceptors (Lipinski definition) is 1. The Morgan fingerprint density at radius 2 is 1.93 bits per heavy atom. The lowest BCUT2D eigenvalue weighted by molar-refractivity contribution is -0.117. The maximum Gasteiger partial charge on any atom is 0.129 e. The molecular weight excluding hydrogens is 172 g/mol. The van der Waals surface area contributed by atoms with E-state index >= 15 is 0 Å². The van der Waals surface area contributed by atoms with Gasteiger partial charge in [-0.15, -0.1) is 0 Å². The van der Waals surface area contributed by atoms with Crippen LogP contribution in [0.25, 0.3) is 0 Å². The molecule has 0 aromatic carbocycles. The molecule has 0 fully saturated rings. The first-order chi connectivity index (χ1) is 6.34. The average molecular weight is 194 g/mol. The topological polar surface area (TPSA) is 17.1 Å². The third-order valence-corrected chi connectivity index (χ3v) is 2.18. The zero-order valence-corrected chi connectivity index (χ0v) is 9.89. The quantitative estimate of drug-likeness (QED) is 0.479. The largest absolute Gasteiger partial charge is 0.300 e. The van der Waals surface area contributed by atoms with E-state index < -0.39 is 0 Å². The lowest BCUT2D eigenvalue weighted by Gasteiger charge is -2.18. The molecule has 0 heterocycles. The van der Waals surface area contributed by atoms with E-state index in [1.165, 1.54) is 0 Å². The van der Waals surface area contributed by atoms with Crippen molar-refractivity contribution in [3.05, 3.63) is 24.3 Å². The van der Waals surface area contributed by atoms with Crippen LogP contribution in [-0.2, 0) is 4.79 Å². The van der Waals surface area contributed by atoms with Gasteiger partial charge in [-0.1, -0.05) is 45.1 Å². The van der Waals surface area contributed by atoms with E-state index in [0.29, 0.717) is 6.42 Å². The summed E-state index contributed by atoms with van der Waals surface area (Å²) in [6.07, 6.45) is 6.78. The summed E-state index contributed by atoms with van der Waals surface area (Å²) in [7, 11) is 0. The molecule has 0 rings (SSSR count). The van der Waals surface area contributed by atoms with Crippen LogP contribution in [0.3, 0.4) is 0 Å². The van der Waals surface area contributed by atoms with E-state index in [-0.39, 0.29) is 11.2 Å². The number of allylic oxidation sites excluding steroid dienone is 3. The van der Waals surface area contributed by atoms with Crippen molar-refractivity contribution in [2.45, 2.75) is 47.0 Å². The number of rotatable bonds is 5. The molecule has 1 nitrogen and oxygen atoms in total. The summed E-state index contributed by atoms with van der Waals surface area (Å²) in [6, 6.07) is 0. The molecule has 0 aliphatic rings. The molecule has 0 atom stereocenters. The van der Waals surface area contributed by atoms with Gasteiger partial charge in [0.25, 0.3) is 0 Å². The van der Waals surface area contributed by atoms with E-state index in [9.17, 15) is 4.79 Å². The maximum absolute atomic E-state index is 10.7. The van der Waals surface area contributed by atoms with Gasteiger partial charge < -0.3 is 4.79 Å². The maximum atomic E-state index is 10.7. The minimum Gasteiger partial charge on any atom is -0.300 e. The summed E-state index contributed by atoms with van der Waals surface area (Å²) in [5, 5.41) is 0. The summed E-state index contributed by atoms with van der Waals surface area (Å²) in [5.74, 6) is 0.271. The van der Waals surface area contributed by atoms with Gasteiger partial charge in [0.05, 0.1) is 0 Å². The zero-order valence-electron chi connectivity index (χ0n) is 9.89. The highest BCUT2D eigenvalue weighted by Crippen LogP contribution is 2.24. The highest BCUT2D eigenvalue weighted by molar-refractivity contribution is 5.75. The van der Waals surface area contributed by atoms with Gasteiger partial charge in [0.15, 0.2) is 0 Å². The van der Waals surface area contributed by atoms with Crippen molar-refractivity contribution in [2.24, 2.45) is 5.41 Å². The molecule has 0 aliphatic carbocycles. The van der Waals surface area contributed by atoms with E-state index in [2.05, 4.69) is 39.5 Å². The third-order valence-electron chi connectivity index (χ3n) is 2.18. The average Bonchev–Trinajstić information content (AvgIpc) is 2.01. The SMILES string of the molecule is C=C(/C=C/CCCC(C)=O)C(C)(C)C. The monoisotopic (exact) mass is 194 g/mol. The molecule has 0 aliphatic heterocycles. The summed E-state index contributed by atoms with van der Waals surface area (Å²) in [6.45, 7) is 12.1. The lowest BCUT2D eigenvalue weighted by Crippen LogP contribution is -2.05. The zero-order chi connectivity index (χ0) is 11.2. The number of carbonyl (C=O) groups excluding carboxylic acids is 1. The van der Waals surface area contributed by atoms with E-state index in [4.69, 9.17) is 0 Å². The molecular formula is C13H22O. The van der Waals surface area contributed by atoms with Gasteiger partial charge in [0.1, 0.15) is 5.78 Å². The molecule has 0 bridgehead atoms. The Morgan fingerprint density at radius 1 is 1.36 bits per heavy atom. The molecule has 0 N–H and O–H groups in total. The molecule has 0 radical (unpaired) electrons. The highest BCUT2D eigenvalue weighted by atomic mass is 16.1. The minimum atomic E-state index is 0.150. The smallest absolute Gasteiger partial charge is 0.129 e. The summed E-state index contributed by atoms with van der Waals surface area (Å²) in [4.78, 5) is 10.7. The molecule has 0 saturated heterocycles. The summed E-state index contributed by atoms with van der Waals surface area (Å²) < 4.78 is 0. The Bertz CT molecular complexity index is 228. The molecule has 0 spiro atoms. The third kappa shape index (κ3) is 6.64. The number of hydrogen-bond donors (Lipinski definition) is 0. The first-order valence-electron chi connectivity index (χ1n) is 5.19. The van der Waals surface area contributed by atoms with Gasteiger partial charge in [-0.25, -0.2) is 0 Å². The first-order valence-corrected chi connectivity index (χ1v) is 5.19. The summed E-state index contributed by atoms with van der Waals surface area (Å²) in [5.41, 5.74) is 1.29. The van der Waals surface area contributed by atoms with Crippen LogP contribution in [0.15, 0.2) is 24.3 Å². The second-order valence-corrected chi connectivity index (χ2v) is 4.77. The Balaban J connectivity index is 3.74. The van der Waals surface area contributed by atoms with Crippen molar-refractivity contribution >= 4 is 5.78 Å². The normalized spacial score (nSPS) is 12.0. The van der Waals surface area contributed by atoms with Gasteiger partial charge in [0, 0.05) is 6.42 Å². The fourth-order valence-corrected chi connectivity index (χ4v) is 0.944. The van der Waals surface area contributed by atoms with Crippen LogP contribution in [0.2, 0.25) is 0 Å². The molecule has 80 valence electrons. The minimum absolute atomic E-state index is 0.150. The second kappa shape index (κ2) is 5.79. The van der Waals surface area contributed by atoms with E-state index in [1.54, 1.807) is 6.92 Å². The second-order valence-electron chi connectivity index (χ2n) is 4.77. The van der Waals surface area contributed by atoms with Crippen molar-refractivity contribution in [2.75, 3.05) is 0 Å². The molecule has 14 heavy (non-hydrogen) atoms. The number of unbranched alkanes of at least 4 members (excludes halogenated alkanes) is 1. The van der Waals surface area contributed by atoms with Gasteiger partial charge in [0.2, 0.25) is 0 Å². The van der Waals surface area contributed by atoms with Gasteiger partial charge in [-0.05, 0) is 25.2 Å². The van der Waals surface area contributed by atoms with Gasteiger partial charge >= 0.3 is 0 Å². The fraction of sp³-hybridized carbons (Fsp3) is 0.615. The molecule has 0 aromatic heterocycles.